The Bertz CT molecular complexity index is 892. The largest absolute Gasteiger partial charge is 0.493 e. The van der Waals surface area contributed by atoms with Crippen molar-refractivity contribution in [1.82, 2.24) is 4.57 Å². The van der Waals surface area contributed by atoms with Crippen LogP contribution >= 0.6 is 11.3 Å². The number of hydrogen-bond donors (Lipinski definition) is 1. The fourth-order valence-electron chi connectivity index (χ4n) is 2.40. The van der Waals surface area contributed by atoms with Crippen molar-refractivity contribution in [2.75, 3.05) is 7.11 Å². The normalized spacial score (nSPS) is 15.7. The van der Waals surface area contributed by atoms with Gasteiger partial charge in [0, 0.05) is 17.4 Å². The van der Waals surface area contributed by atoms with Crippen LogP contribution in [0.15, 0.2) is 34.1 Å². The van der Waals surface area contributed by atoms with Gasteiger partial charge in [-0.25, -0.2) is 4.79 Å². The number of thiazole rings is 1. The van der Waals surface area contributed by atoms with Gasteiger partial charge in [-0.3, -0.25) is 14.4 Å². The van der Waals surface area contributed by atoms with Crippen LogP contribution in [0.2, 0.25) is 0 Å². The molecule has 6 nitrogen and oxygen atoms in total. The Balaban J connectivity index is 2.04. The molecule has 0 spiro atoms. The highest BCUT2D eigenvalue weighted by Gasteiger charge is 2.24. The van der Waals surface area contributed by atoms with Crippen molar-refractivity contribution in [2.24, 2.45) is 4.99 Å². The third-order valence-electron chi connectivity index (χ3n) is 3.62. The summed E-state index contributed by atoms with van der Waals surface area (Å²) in [6.45, 7) is 1.50. The van der Waals surface area contributed by atoms with E-state index in [-0.39, 0.29) is 5.88 Å². The first-order chi connectivity index (χ1) is 11.0. The van der Waals surface area contributed by atoms with Crippen LogP contribution in [0.5, 0.6) is 5.88 Å². The number of rotatable bonds is 3. The number of carbonyl (C=O) groups excluding carboxylic acids is 1. The maximum Gasteiger partial charge on any atom is 0.328 e. The summed E-state index contributed by atoms with van der Waals surface area (Å²) < 4.78 is 5.65. The van der Waals surface area contributed by atoms with Gasteiger partial charge < -0.3 is 9.84 Å². The number of hydrogen-bond acceptors (Lipinski definition) is 6. The molecule has 0 amide bonds. The smallest absolute Gasteiger partial charge is 0.328 e. The first-order valence-corrected chi connectivity index (χ1v) is 7.72. The Morgan fingerprint density at radius 3 is 2.91 bits per heavy atom. The standard InChI is InChI=1S/C16H14N2O4S/c1-9(15(20)22-2)18-14(19)13(23-16(18)21)7-10-8-17-12-6-4-3-5-11(10)12/h3-9,19H,1-2H3/b10-7-. The quantitative estimate of drug-likeness (QED) is 0.877. The van der Waals surface area contributed by atoms with Crippen molar-refractivity contribution in [3.63, 3.8) is 0 Å². The van der Waals surface area contributed by atoms with Crippen LogP contribution < -0.4 is 4.87 Å². The van der Waals surface area contributed by atoms with Crippen LogP contribution in [-0.2, 0) is 9.53 Å². The average Bonchev–Trinajstić information content (AvgIpc) is 3.08. The summed E-state index contributed by atoms with van der Waals surface area (Å²) in [5, 5.41) is 10.3. The highest BCUT2D eigenvalue weighted by atomic mass is 32.1. The SMILES string of the molecule is COC(=O)C(C)n1c(O)c(/C=C2/C=Nc3ccccc32)sc1=O. The molecule has 7 heteroatoms. The Kier molecular flexibility index (Phi) is 3.87. The van der Waals surface area contributed by atoms with Gasteiger partial charge >= 0.3 is 10.8 Å². The summed E-state index contributed by atoms with van der Waals surface area (Å²) in [6.07, 6.45) is 3.37. The lowest BCUT2D eigenvalue weighted by atomic mass is 10.1. The number of allylic oxidation sites excluding steroid dienone is 1. The first-order valence-electron chi connectivity index (χ1n) is 6.90. The number of esters is 1. The predicted molar refractivity (Wildman–Crippen MR) is 89.4 cm³/mol. The van der Waals surface area contributed by atoms with Gasteiger partial charge in [0.1, 0.15) is 6.04 Å². The number of aromatic nitrogens is 1. The second kappa shape index (κ2) is 5.85. The summed E-state index contributed by atoms with van der Waals surface area (Å²) in [7, 11) is 1.24. The number of carbonyl (C=O) groups is 1. The molecule has 1 unspecified atom stereocenters. The maximum atomic E-state index is 12.1. The third-order valence-corrected chi connectivity index (χ3v) is 4.51. The van der Waals surface area contributed by atoms with Crippen LogP contribution in [0.3, 0.4) is 0 Å². The van der Waals surface area contributed by atoms with Gasteiger partial charge in [-0.05, 0) is 19.1 Å². The molecule has 0 saturated heterocycles. The zero-order valence-electron chi connectivity index (χ0n) is 12.5. The molecule has 0 saturated carbocycles. The minimum atomic E-state index is -0.888. The number of benzene rings is 1. The molecule has 1 aliphatic heterocycles. The van der Waals surface area contributed by atoms with E-state index >= 15 is 0 Å². The Hall–Kier alpha value is -2.67. The molecule has 0 fully saturated rings. The maximum absolute atomic E-state index is 12.1. The summed E-state index contributed by atoms with van der Waals surface area (Å²) in [5.41, 5.74) is 2.57. The van der Waals surface area contributed by atoms with E-state index in [1.807, 2.05) is 24.3 Å². The van der Waals surface area contributed by atoms with Crippen LogP contribution in [0.1, 0.15) is 23.4 Å². The van der Waals surface area contributed by atoms with E-state index in [0.717, 1.165) is 32.7 Å². The number of nitrogens with zero attached hydrogens (tertiary/aromatic N) is 2. The molecule has 2 heterocycles. The third kappa shape index (κ3) is 2.59. The number of aliphatic imine (C=N–C) groups is 1. The molecule has 1 N–H and O–H groups in total. The number of para-hydroxylation sites is 1. The molecule has 1 aliphatic rings. The Morgan fingerprint density at radius 1 is 1.43 bits per heavy atom. The molecule has 1 aromatic heterocycles. The van der Waals surface area contributed by atoms with E-state index < -0.39 is 16.9 Å². The van der Waals surface area contributed by atoms with Gasteiger partial charge in [-0.1, -0.05) is 29.5 Å². The van der Waals surface area contributed by atoms with E-state index in [9.17, 15) is 14.7 Å². The van der Waals surface area contributed by atoms with Crippen LogP contribution in [-0.4, -0.2) is 29.0 Å². The van der Waals surface area contributed by atoms with E-state index in [1.165, 1.54) is 14.0 Å². The highest BCUT2D eigenvalue weighted by Crippen LogP contribution is 2.34. The molecule has 0 radical (unpaired) electrons. The number of methoxy groups -OCH3 is 1. The van der Waals surface area contributed by atoms with Gasteiger partial charge in [-0.15, -0.1) is 0 Å². The topological polar surface area (TPSA) is 80.9 Å². The summed E-state index contributed by atoms with van der Waals surface area (Å²) in [5.74, 6) is -0.838. The van der Waals surface area contributed by atoms with E-state index in [2.05, 4.69) is 9.73 Å². The van der Waals surface area contributed by atoms with Gasteiger partial charge in [0.05, 0.1) is 17.7 Å². The van der Waals surface area contributed by atoms with E-state index in [1.54, 1.807) is 12.3 Å². The lowest BCUT2D eigenvalue weighted by molar-refractivity contribution is -0.144. The van der Waals surface area contributed by atoms with Gasteiger partial charge in [0.2, 0.25) is 5.88 Å². The van der Waals surface area contributed by atoms with Gasteiger partial charge in [0.25, 0.3) is 0 Å². The first kappa shape index (κ1) is 15.2. The number of aromatic hydroxyl groups is 1. The lowest BCUT2D eigenvalue weighted by Gasteiger charge is -2.10. The van der Waals surface area contributed by atoms with Crippen molar-refractivity contribution in [2.45, 2.75) is 13.0 Å². The molecular weight excluding hydrogens is 316 g/mol. The van der Waals surface area contributed by atoms with Crippen molar-refractivity contribution < 1.29 is 14.6 Å². The predicted octanol–water partition coefficient (Wildman–Crippen LogP) is 2.61. The number of fused-ring (bicyclic) bond motifs is 1. The van der Waals surface area contributed by atoms with Crippen molar-refractivity contribution in [3.8, 4) is 5.88 Å². The van der Waals surface area contributed by atoms with Crippen LogP contribution in [0.4, 0.5) is 5.69 Å². The zero-order chi connectivity index (χ0) is 16.6. The van der Waals surface area contributed by atoms with Gasteiger partial charge in [0.15, 0.2) is 0 Å². The highest BCUT2D eigenvalue weighted by molar-refractivity contribution is 7.10. The van der Waals surface area contributed by atoms with Crippen molar-refractivity contribution in [3.05, 3.63) is 44.4 Å². The molecule has 118 valence electrons. The van der Waals surface area contributed by atoms with Crippen LogP contribution in [0.25, 0.3) is 11.6 Å². The molecule has 2 aromatic rings. The minimum absolute atomic E-state index is 0.247. The fraction of sp³-hybridized carbons (Fsp3) is 0.188. The molecule has 3 rings (SSSR count). The molecule has 1 aromatic carbocycles. The second-order valence-corrected chi connectivity index (χ2v) is 5.99. The monoisotopic (exact) mass is 330 g/mol. The van der Waals surface area contributed by atoms with Crippen LogP contribution in [0, 0.1) is 0 Å². The molecule has 0 bridgehead atoms. The molecular formula is C16H14N2O4S. The fourth-order valence-corrected chi connectivity index (χ4v) is 3.31. The van der Waals surface area contributed by atoms with Gasteiger partial charge in [-0.2, -0.15) is 0 Å². The second-order valence-electron chi connectivity index (χ2n) is 5.00. The summed E-state index contributed by atoms with van der Waals surface area (Å²) in [6, 6.07) is 6.71. The van der Waals surface area contributed by atoms with Crippen molar-refractivity contribution >= 4 is 40.9 Å². The lowest BCUT2D eigenvalue weighted by Crippen LogP contribution is -2.24. The summed E-state index contributed by atoms with van der Waals surface area (Å²) >= 11 is 0.870. The minimum Gasteiger partial charge on any atom is -0.493 e. The molecule has 0 aliphatic carbocycles. The number of ether oxygens (including phenoxy) is 1. The zero-order valence-corrected chi connectivity index (χ0v) is 13.3. The molecule has 1 atom stereocenters. The Morgan fingerprint density at radius 2 is 2.17 bits per heavy atom. The summed E-state index contributed by atoms with van der Waals surface area (Å²) in [4.78, 5) is 27.9. The van der Waals surface area contributed by atoms with E-state index in [4.69, 9.17) is 0 Å². The Labute approximate surface area is 136 Å². The molecule has 23 heavy (non-hydrogen) atoms. The average molecular weight is 330 g/mol. The van der Waals surface area contributed by atoms with Crippen molar-refractivity contribution in [1.29, 1.82) is 0 Å². The van der Waals surface area contributed by atoms with E-state index in [0.29, 0.717) is 4.88 Å².